The van der Waals surface area contributed by atoms with Gasteiger partial charge in [-0.05, 0) is 18.4 Å². The average molecular weight is 274 g/mol. The SMILES string of the molecule is CN1CC2(CCN(Cc3ccccc3)CC2)OCC1=O. The minimum atomic E-state index is -0.101. The first-order chi connectivity index (χ1) is 9.67. The fraction of sp³-hybridized carbons (Fsp3) is 0.562. The largest absolute Gasteiger partial charge is 0.363 e. The number of benzene rings is 1. The van der Waals surface area contributed by atoms with Crippen LogP contribution in [0.4, 0.5) is 0 Å². The number of likely N-dealkylation sites (tertiary alicyclic amines) is 1. The van der Waals surface area contributed by atoms with Crippen molar-refractivity contribution < 1.29 is 9.53 Å². The molecule has 0 aromatic heterocycles. The number of carbonyl (C=O) groups excluding carboxylic acids is 1. The zero-order valence-corrected chi connectivity index (χ0v) is 12.0. The molecule has 1 amide bonds. The number of carbonyl (C=O) groups is 1. The zero-order chi connectivity index (χ0) is 14.0. The quantitative estimate of drug-likeness (QED) is 0.819. The van der Waals surface area contributed by atoms with Gasteiger partial charge in [-0.3, -0.25) is 9.69 Å². The second-order valence-electron chi connectivity index (χ2n) is 5.98. The molecule has 1 spiro atoms. The fourth-order valence-corrected chi connectivity index (χ4v) is 3.15. The van der Waals surface area contributed by atoms with E-state index < -0.39 is 0 Å². The summed E-state index contributed by atoms with van der Waals surface area (Å²) in [6.45, 7) is 4.07. The lowest BCUT2D eigenvalue weighted by atomic mass is 9.89. The van der Waals surface area contributed by atoms with Crippen LogP contribution in [0.15, 0.2) is 30.3 Å². The van der Waals surface area contributed by atoms with E-state index in [1.807, 2.05) is 11.9 Å². The molecular formula is C16H22N2O2. The van der Waals surface area contributed by atoms with Crippen LogP contribution in [0.3, 0.4) is 0 Å². The number of nitrogens with zero attached hydrogens (tertiary/aromatic N) is 2. The standard InChI is InChI=1S/C16H22N2O2/c1-17-13-16(20-12-15(17)19)7-9-18(10-8-16)11-14-5-3-2-4-6-14/h2-6H,7-13H2,1H3. The maximum absolute atomic E-state index is 11.5. The van der Waals surface area contributed by atoms with E-state index >= 15 is 0 Å². The van der Waals surface area contributed by atoms with Gasteiger partial charge in [-0.25, -0.2) is 0 Å². The molecule has 0 bridgehead atoms. The van der Waals surface area contributed by atoms with Gasteiger partial charge >= 0.3 is 0 Å². The Bertz CT molecular complexity index is 467. The van der Waals surface area contributed by atoms with Crippen molar-refractivity contribution in [3.63, 3.8) is 0 Å². The number of amides is 1. The predicted molar refractivity (Wildman–Crippen MR) is 77.3 cm³/mol. The van der Waals surface area contributed by atoms with Gasteiger partial charge in [-0.15, -0.1) is 0 Å². The number of piperidine rings is 1. The Kier molecular flexibility index (Phi) is 3.76. The summed E-state index contributed by atoms with van der Waals surface area (Å²) in [7, 11) is 1.88. The molecule has 2 aliphatic heterocycles. The smallest absolute Gasteiger partial charge is 0.248 e. The van der Waals surface area contributed by atoms with E-state index in [1.165, 1.54) is 5.56 Å². The molecule has 2 fully saturated rings. The summed E-state index contributed by atoms with van der Waals surface area (Å²) in [4.78, 5) is 15.8. The van der Waals surface area contributed by atoms with Crippen molar-refractivity contribution >= 4 is 5.91 Å². The molecule has 0 saturated carbocycles. The lowest BCUT2D eigenvalue weighted by molar-refractivity contribution is -0.169. The highest BCUT2D eigenvalue weighted by Gasteiger charge is 2.40. The summed E-state index contributed by atoms with van der Waals surface area (Å²) in [6, 6.07) is 10.6. The van der Waals surface area contributed by atoms with Gasteiger partial charge in [0.1, 0.15) is 6.61 Å². The first-order valence-corrected chi connectivity index (χ1v) is 7.31. The monoisotopic (exact) mass is 274 g/mol. The van der Waals surface area contributed by atoms with E-state index in [1.54, 1.807) is 0 Å². The van der Waals surface area contributed by atoms with Crippen LogP contribution in [-0.2, 0) is 16.1 Å². The first-order valence-electron chi connectivity index (χ1n) is 7.31. The highest BCUT2D eigenvalue weighted by atomic mass is 16.5. The van der Waals surface area contributed by atoms with E-state index in [4.69, 9.17) is 4.74 Å². The Morgan fingerprint density at radius 3 is 2.55 bits per heavy atom. The van der Waals surface area contributed by atoms with Crippen LogP contribution in [0.25, 0.3) is 0 Å². The first kappa shape index (κ1) is 13.6. The van der Waals surface area contributed by atoms with E-state index in [2.05, 4.69) is 35.2 Å². The fourth-order valence-electron chi connectivity index (χ4n) is 3.15. The molecule has 1 aromatic rings. The summed E-state index contributed by atoms with van der Waals surface area (Å²) < 4.78 is 5.87. The second-order valence-corrected chi connectivity index (χ2v) is 5.98. The summed E-state index contributed by atoms with van der Waals surface area (Å²) >= 11 is 0. The lowest BCUT2D eigenvalue weighted by Crippen LogP contribution is -2.57. The van der Waals surface area contributed by atoms with Crippen molar-refractivity contribution in [3.05, 3.63) is 35.9 Å². The molecular weight excluding hydrogens is 252 g/mol. The van der Waals surface area contributed by atoms with Crippen molar-refractivity contribution in [2.45, 2.75) is 25.0 Å². The van der Waals surface area contributed by atoms with E-state index in [9.17, 15) is 4.79 Å². The van der Waals surface area contributed by atoms with E-state index in [0.717, 1.165) is 39.0 Å². The van der Waals surface area contributed by atoms with Gasteiger partial charge in [0, 0.05) is 33.2 Å². The van der Waals surface area contributed by atoms with Gasteiger partial charge in [-0.2, -0.15) is 0 Å². The van der Waals surface area contributed by atoms with Crippen LogP contribution >= 0.6 is 0 Å². The summed E-state index contributed by atoms with van der Waals surface area (Å²) in [5.74, 6) is 0.0994. The molecule has 4 nitrogen and oxygen atoms in total. The molecule has 20 heavy (non-hydrogen) atoms. The van der Waals surface area contributed by atoms with Crippen molar-refractivity contribution in [1.29, 1.82) is 0 Å². The van der Waals surface area contributed by atoms with Crippen molar-refractivity contribution in [2.75, 3.05) is 33.3 Å². The topological polar surface area (TPSA) is 32.8 Å². The Morgan fingerprint density at radius 1 is 1.20 bits per heavy atom. The highest BCUT2D eigenvalue weighted by Crippen LogP contribution is 2.30. The number of hydrogen-bond acceptors (Lipinski definition) is 3. The summed E-state index contributed by atoms with van der Waals surface area (Å²) in [5.41, 5.74) is 1.26. The van der Waals surface area contributed by atoms with Crippen LogP contribution in [0, 0.1) is 0 Å². The summed E-state index contributed by atoms with van der Waals surface area (Å²) in [5, 5.41) is 0. The molecule has 2 aliphatic rings. The van der Waals surface area contributed by atoms with Gasteiger partial charge in [-0.1, -0.05) is 30.3 Å². The number of ether oxygens (including phenoxy) is 1. The number of likely N-dealkylation sites (N-methyl/N-ethyl adjacent to an activating group) is 1. The molecule has 0 radical (unpaired) electrons. The maximum Gasteiger partial charge on any atom is 0.248 e. The highest BCUT2D eigenvalue weighted by molar-refractivity contribution is 5.78. The molecule has 4 heteroatoms. The van der Waals surface area contributed by atoms with Gasteiger partial charge in [0.05, 0.1) is 5.60 Å². The summed E-state index contributed by atoms with van der Waals surface area (Å²) in [6.07, 6.45) is 2.02. The average Bonchev–Trinajstić information content (AvgIpc) is 2.47. The third kappa shape index (κ3) is 2.86. The number of hydrogen-bond donors (Lipinski definition) is 0. The molecule has 0 atom stereocenters. The van der Waals surface area contributed by atoms with Gasteiger partial charge < -0.3 is 9.64 Å². The minimum Gasteiger partial charge on any atom is -0.363 e. The maximum atomic E-state index is 11.5. The molecule has 2 saturated heterocycles. The predicted octanol–water partition coefficient (Wildman–Crippen LogP) is 1.51. The Balaban J connectivity index is 1.56. The van der Waals surface area contributed by atoms with Crippen LogP contribution in [0.1, 0.15) is 18.4 Å². The van der Waals surface area contributed by atoms with E-state index in [0.29, 0.717) is 0 Å². The third-order valence-electron chi connectivity index (χ3n) is 4.47. The van der Waals surface area contributed by atoms with Crippen molar-refractivity contribution in [1.82, 2.24) is 9.80 Å². The number of morpholine rings is 1. The van der Waals surface area contributed by atoms with Crippen molar-refractivity contribution in [3.8, 4) is 0 Å². The second kappa shape index (κ2) is 5.54. The zero-order valence-electron chi connectivity index (χ0n) is 12.0. The molecule has 0 unspecified atom stereocenters. The molecule has 0 N–H and O–H groups in total. The van der Waals surface area contributed by atoms with Crippen LogP contribution < -0.4 is 0 Å². The molecule has 2 heterocycles. The minimum absolute atomic E-state index is 0.0994. The third-order valence-corrected chi connectivity index (χ3v) is 4.47. The molecule has 108 valence electrons. The van der Waals surface area contributed by atoms with Crippen LogP contribution in [0.5, 0.6) is 0 Å². The van der Waals surface area contributed by atoms with Gasteiger partial charge in [0.2, 0.25) is 5.91 Å². The van der Waals surface area contributed by atoms with Gasteiger partial charge in [0.15, 0.2) is 0 Å². The lowest BCUT2D eigenvalue weighted by Gasteiger charge is -2.46. The Morgan fingerprint density at radius 2 is 1.90 bits per heavy atom. The molecule has 3 rings (SSSR count). The molecule has 1 aromatic carbocycles. The Labute approximate surface area is 120 Å². The number of rotatable bonds is 2. The van der Waals surface area contributed by atoms with Gasteiger partial charge in [0.25, 0.3) is 0 Å². The normalized spacial score (nSPS) is 23.2. The van der Waals surface area contributed by atoms with E-state index in [-0.39, 0.29) is 18.1 Å². The molecule has 0 aliphatic carbocycles. The Hall–Kier alpha value is -1.39. The van der Waals surface area contributed by atoms with Crippen molar-refractivity contribution in [2.24, 2.45) is 0 Å². The van der Waals surface area contributed by atoms with Crippen LogP contribution in [0.2, 0.25) is 0 Å². The van der Waals surface area contributed by atoms with Crippen LogP contribution in [-0.4, -0.2) is 54.6 Å².